The third-order valence-corrected chi connectivity index (χ3v) is 2.81. The Bertz CT molecular complexity index is 413. The lowest BCUT2D eigenvalue weighted by atomic mass is 10.2. The maximum Gasteiger partial charge on any atom is 0.240 e. The Morgan fingerprint density at radius 1 is 1.20 bits per heavy atom. The van der Waals surface area contributed by atoms with Gasteiger partial charge in [0.25, 0.3) is 0 Å². The van der Waals surface area contributed by atoms with Crippen molar-refractivity contribution in [1.29, 1.82) is 0 Å². The molecule has 0 aliphatic carbocycles. The number of hydrazone groups is 1. The van der Waals surface area contributed by atoms with Gasteiger partial charge >= 0.3 is 0 Å². The molecule has 0 bridgehead atoms. The van der Waals surface area contributed by atoms with Gasteiger partial charge in [0.05, 0.1) is 12.8 Å². The predicted molar refractivity (Wildman–Crippen MR) is 82.1 cm³/mol. The first-order valence-corrected chi connectivity index (χ1v) is 7.31. The van der Waals surface area contributed by atoms with E-state index in [1.54, 1.807) is 6.21 Å². The number of ether oxygens (including phenoxy) is 1. The summed E-state index contributed by atoms with van der Waals surface area (Å²) in [6.07, 6.45) is 6.26. The summed E-state index contributed by atoms with van der Waals surface area (Å²) in [6, 6.07) is 7.66. The molecule has 0 fully saturated rings. The Kier molecular flexibility index (Phi) is 8.11. The van der Waals surface area contributed by atoms with Crippen LogP contribution in [0.5, 0.6) is 5.75 Å². The first kappa shape index (κ1) is 16.2. The highest BCUT2D eigenvalue weighted by atomic mass is 16.5. The second-order valence-electron chi connectivity index (χ2n) is 4.67. The quantitative estimate of drug-likeness (QED) is 0.426. The number of amides is 1. The lowest BCUT2D eigenvalue weighted by Gasteiger charge is -2.04. The molecule has 0 heterocycles. The zero-order valence-corrected chi connectivity index (χ0v) is 12.4. The van der Waals surface area contributed by atoms with E-state index < -0.39 is 0 Å². The van der Waals surface area contributed by atoms with Gasteiger partial charge in [0, 0.05) is 6.42 Å². The Morgan fingerprint density at radius 2 is 1.90 bits per heavy atom. The van der Waals surface area contributed by atoms with Crippen LogP contribution < -0.4 is 10.2 Å². The van der Waals surface area contributed by atoms with E-state index in [4.69, 9.17) is 4.74 Å². The topological polar surface area (TPSA) is 50.7 Å². The van der Waals surface area contributed by atoms with Crippen LogP contribution in [0.3, 0.4) is 0 Å². The molecule has 1 N–H and O–H groups in total. The van der Waals surface area contributed by atoms with Crippen molar-refractivity contribution >= 4 is 12.1 Å². The minimum Gasteiger partial charge on any atom is -0.494 e. The number of carbonyl (C=O) groups excluding carboxylic acids is 1. The summed E-state index contributed by atoms with van der Waals surface area (Å²) in [5.74, 6) is 0.824. The van der Waals surface area contributed by atoms with Gasteiger partial charge in [0.2, 0.25) is 5.91 Å². The highest BCUT2D eigenvalue weighted by molar-refractivity contribution is 5.82. The van der Waals surface area contributed by atoms with Gasteiger partial charge in [-0.3, -0.25) is 4.79 Å². The van der Waals surface area contributed by atoms with Gasteiger partial charge in [-0.05, 0) is 42.7 Å². The summed E-state index contributed by atoms with van der Waals surface area (Å²) in [7, 11) is 0. The standard InChI is InChI=1S/C16H24N2O2/c1-3-5-7-16(19)18-17-13-14-8-10-15(11-9-14)20-12-6-4-2/h8-11,13H,3-7,12H2,1-2H3,(H,18,19)/b17-13+. The average molecular weight is 276 g/mol. The fourth-order valence-corrected chi connectivity index (χ4v) is 1.56. The Labute approximate surface area is 121 Å². The molecule has 0 unspecified atom stereocenters. The summed E-state index contributed by atoms with van der Waals surface area (Å²) in [5.41, 5.74) is 3.46. The van der Waals surface area contributed by atoms with Gasteiger partial charge in [0.1, 0.15) is 5.75 Å². The van der Waals surface area contributed by atoms with E-state index in [2.05, 4.69) is 24.4 Å². The van der Waals surface area contributed by atoms with E-state index in [1.807, 2.05) is 24.3 Å². The van der Waals surface area contributed by atoms with Crippen LogP contribution >= 0.6 is 0 Å². The minimum atomic E-state index is -0.0392. The molecule has 4 heteroatoms. The van der Waals surface area contributed by atoms with Crippen LogP contribution in [0, 0.1) is 0 Å². The highest BCUT2D eigenvalue weighted by Crippen LogP contribution is 2.11. The molecular weight excluding hydrogens is 252 g/mol. The molecule has 110 valence electrons. The first-order valence-electron chi connectivity index (χ1n) is 7.31. The smallest absolute Gasteiger partial charge is 0.240 e. The van der Waals surface area contributed by atoms with Gasteiger partial charge < -0.3 is 4.74 Å². The summed E-state index contributed by atoms with van der Waals surface area (Å²) in [4.78, 5) is 11.3. The van der Waals surface area contributed by atoms with Crippen molar-refractivity contribution in [2.75, 3.05) is 6.61 Å². The van der Waals surface area contributed by atoms with E-state index in [-0.39, 0.29) is 5.91 Å². The zero-order chi connectivity index (χ0) is 14.6. The van der Waals surface area contributed by atoms with Crippen molar-refractivity contribution in [3.8, 4) is 5.75 Å². The Morgan fingerprint density at radius 3 is 2.55 bits per heavy atom. The van der Waals surface area contributed by atoms with Crippen molar-refractivity contribution in [3.63, 3.8) is 0 Å². The van der Waals surface area contributed by atoms with Crippen LogP contribution in [0.2, 0.25) is 0 Å². The molecule has 4 nitrogen and oxygen atoms in total. The SMILES string of the molecule is CCCCOc1ccc(/C=N/NC(=O)CCCC)cc1. The molecule has 1 rings (SSSR count). The second-order valence-corrected chi connectivity index (χ2v) is 4.67. The highest BCUT2D eigenvalue weighted by Gasteiger charge is 1.97. The largest absolute Gasteiger partial charge is 0.494 e. The molecule has 20 heavy (non-hydrogen) atoms. The van der Waals surface area contributed by atoms with Crippen LogP contribution in [-0.2, 0) is 4.79 Å². The van der Waals surface area contributed by atoms with Crippen LogP contribution in [0.15, 0.2) is 29.4 Å². The van der Waals surface area contributed by atoms with Gasteiger partial charge in [-0.15, -0.1) is 0 Å². The number of hydrogen-bond acceptors (Lipinski definition) is 3. The number of rotatable bonds is 9. The van der Waals surface area contributed by atoms with Crippen molar-refractivity contribution < 1.29 is 9.53 Å². The maximum absolute atomic E-state index is 11.3. The van der Waals surface area contributed by atoms with E-state index in [0.717, 1.165) is 43.6 Å². The monoisotopic (exact) mass is 276 g/mol. The number of carbonyl (C=O) groups is 1. The number of unbranched alkanes of at least 4 members (excludes halogenated alkanes) is 2. The molecule has 0 aromatic heterocycles. The number of nitrogens with zero attached hydrogens (tertiary/aromatic N) is 1. The summed E-state index contributed by atoms with van der Waals surface area (Å²) >= 11 is 0. The van der Waals surface area contributed by atoms with Crippen molar-refractivity contribution in [3.05, 3.63) is 29.8 Å². The molecule has 0 radical (unpaired) electrons. The van der Waals surface area contributed by atoms with E-state index in [0.29, 0.717) is 6.42 Å². The van der Waals surface area contributed by atoms with Crippen LogP contribution in [0.4, 0.5) is 0 Å². The zero-order valence-electron chi connectivity index (χ0n) is 12.4. The predicted octanol–water partition coefficient (Wildman–Crippen LogP) is 3.51. The number of benzene rings is 1. The molecule has 0 aliphatic heterocycles. The summed E-state index contributed by atoms with van der Waals surface area (Å²) in [6.45, 7) is 4.94. The summed E-state index contributed by atoms with van der Waals surface area (Å²) in [5, 5.41) is 3.93. The molecule has 0 aliphatic rings. The molecule has 0 saturated heterocycles. The Balaban J connectivity index is 2.35. The molecular formula is C16H24N2O2. The third-order valence-electron chi connectivity index (χ3n) is 2.81. The third kappa shape index (κ3) is 6.92. The van der Waals surface area contributed by atoms with Crippen LogP contribution in [0.1, 0.15) is 51.5 Å². The first-order chi connectivity index (χ1) is 9.76. The second kappa shape index (κ2) is 10.0. The van der Waals surface area contributed by atoms with E-state index >= 15 is 0 Å². The maximum atomic E-state index is 11.3. The molecule has 0 saturated carbocycles. The average Bonchev–Trinajstić information content (AvgIpc) is 2.47. The minimum absolute atomic E-state index is 0.0392. The van der Waals surface area contributed by atoms with Crippen LogP contribution in [0.25, 0.3) is 0 Å². The lowest BCUT2D eigenvalue weighted by molar-refractivity contribution is -0.121. The van der Waals surface area contributed by atoms with Gasteiger partial charge in [-0.25, -0.2) is 5.43 Å². The summed E-state index contributed by atoms with van der Waals surface area (Å²) < 4.78 is 5.57. The molecule has 1 aromatic carbocycles. The van der Waals surface area contributed by atoms with Crippen molar-refractivity contribution in [1.82, 2.24) is 5.43 Å². The molecule has 1 aromatic rings. The number of hydrogen-bond donors (Lipinski definition) is 1. The molecule has 0 spiro atoms. The Hall–Kier alpha value is -1.84. The van der Waals surface area contributed by atoms with Gasteiger partial charge in [-0.2, -0.15) is 5.10 Å². The fraction of sp³-hybridized carbons (Fsp3) is 0.500. The lowest BCUT2D eigenvalue weighted by Crippen LogP contribution is -2.16. The number of nitrogens with one attached hydrogen (secondary N) is 1. The molecule has 0 atom stereocenters. The fourth-order valence-electron chi connectivity index (χ4n) is 1.56. The van der Waals surface area contributed by atoms with Crippen molar-refractivity contribution in [2.24, 2.45) is 5.10 Å². The van der Waals surface area contributed by atoms with E-state index in [1.165, 1.54) is 0 Å². The normalized spacial score (nSPS) is 10.7. The van der Waals surface area contributed by atoms with Crippen LogP contribution in [-0.4, -0.2) is 18.7 Å². The van der Waals surface area contributed by atoms with E-state index in [9.17, 15) is 4.79 Å². The van der Waals surface area contributed by atoms with Crippen molar-refractivity contribution in [2.45, 2.75) is 46.0 Å². The molecule has 1 amide bonds. The van der Waals surface area contributed by atoms with Gasteiger partial charge in [-0.1, -0.05) is 26.7 Å². The van der Waals surface area contributed by atoms with Gasteiger partial charge in [0.15, 0.2) is 0 Å².